The maximum absolute atomic E-state index is 4.24. The molecule has 3 aromatic heterocycles. The van der Waals surface area contributed by atoms with Gasteiger partial charge in [-0.25, -0.2) is 9.50 Å². The normalized spacial score (nSPS) is 10.0. The molecule has 0 N–H and O–H groups in total. The first kappa shape index (κ1) is 9.13. The lowest BCUT2D eigenvalue weighted by atomic mass is 10.3. The van der Waals surface area contributed by atoms with Crippen LogP contribution in [0.15, 0.2) is 42.2 Å². The standard InChI is InChI=1S/C12H7N3S/c1-2-11(16-7-1)4-3-10-8-13-12-5-6-14-15(12)9-10/h1-2,5-9H. The average molecular weight is 225 g/mol. The first-order valence-electron chi connectivity index (χ1n) is 4.77. The summed E-state index contributed by atoms with van der Waals surface area (Å²) >= 11 is 1.63. The van der Waals surface area contributed by atoms with Crippen molar-refractivity contribution < 1.29 is 0 Å². The first-order chi connectivity index (χ1) is 7.92. The molecule has 3 rings (SSSR count). The van der Waals surface area contributed by atoms with Gasteiger partial charge < -0.3 is 0 Å². The third-order valence-electron chi connectivity index (χ3n) is 2.10. The number of hydrogen-bond donors (Lipinski definition) is 0. The van der Waals surface area contributed by atoms with Gasteiger partial charge in [-0.05, 0) is 11.4 Å². The number of hydrogen-bond acceptors (Lipinski definition) is 3. The Hall–Kier alpha value is -2.12. The fourth-order valence-corrected chi connectivity index (χ4v) is 1.93. The Labute approximate surface area is 96.4 Å². The van der Waals surface area contributed by atoms with Crippen LogP contribution in [0.25, 0.3) is 5.65 Å². The van der Waals surface area contributed by atoms with Crippen molar-refractivity contribution in [1.29, 1.82) is 0 Å². The topological polar surface area (TPSA) is 30.2 Å². The molecule has 76 valence electrons. The SMILES string of the molecule is C(#Cc1cccs1)c1cnc2ccnn2c1. The molecular weight excluding hydrogens is 218 g/mol. The summed E-state index contributed by atoms with van der Waals surface area (Å²) in [6, 6.07) is 5.84. The molecule has 0 atom stereocenters. The van der Waals surface area contributed by atoms with E-state index in [-0.39, 0.29) is 0 Å². The molecule has 0 aliphatic heterocycles. The maximum atomic E-state index is 4.24. The van der Waals surface area contributed by atoms with Gasteiger partial charge in [0.05, 0.1) is 16.6 Å². The smallest absolute Gasteiger partial charge is 0.154 e. The maximum Gasteiger partial charge on any atom is 0.154 e. The van der Waals surface area contributed by atoms with E-state index in [2.05, 4.69) is 21.9 Å². The molecule has 0 aromatic carbocycles. The van der Waals surface area contributed by atoms with Gasteiger partial charge >= 0.3 is 0 Å². The molecule has 0 fully saturated rings. The summed E-state index contributed by atoms with van der Waals surface area (Å²) in [5.74, 6) is 6.15. The fraction of sp³-hybridized carbons (Fsp3) is 0. The Morgan fingerprint density at radius 3 is 3.12 bits per heavy atom. The van der Waals surface area contributed by atoms with Gasteiger partial charge in [-0.3, -0.25) is 0 Å². The fourth-order valence-electron chi connectivity index (χ4n) is 1.36. The van der Waals surface area contributed by atoms with E-state index >= 15 is 0 Å². The highest BCUT2D eigenvalue weighted by Gasteiger charge is 1.94. The summed E-state index contributed by atoms with van der Waals surface area (Å²) in [5, 5.41) is 6.13. The summed E-state index contributed by atoms with van der Waals surface area (Å²) in [5.41, 5.74) is 1.70. The van der Waals surface area contributed by atoms with Crippen LogP contribution in [0.2, 0.25) is 0 Å². The number of thiophene rings is 1. The van der Waals surface area contributed by atoms with Gasteiger partial charge in [0.15, 0.2) is 5.65 Å². The van der Waals surface area contributed by atoms with Gasteiger partial charge in [0.1, 0.15) is 0 Å². The second-order valence-corrected chi connectivity index (χ2v) is 4.15. The Morgan fingerprint density at radius 2 is 2.25 bits per heavy atom. The lowest BCUT2D eigenvalue weighted by molar-refractivity contribution is 0.935. The molecule has 0 saturated heterocycles. The molecule has 0 spiro atoms. The van der Waals surface area contributed by atoms with E-state index in [1.165, 1.54) is 0 Å². The summed E-state index contributed by atoms with van der Waals surface area (Å²) in [7, 11) is 0. The minimum atomic E-state index is 0.835. The molecule has 0 aliphatic carbocycles. The second kappa shape index (κ2) is 3.80. The Morgan fingerprint density at radius 1 is 1.25 bits per heavy atom. The Bertz CT molecular complexity index is 671. The average Bonchev–Trinajstić information content (AvgIpc) is 2.97. The molecule has 0 bridgehead atoms. The lowest BCUT2D eigenvalue weighted by Gasteiger charge is -1.92. The Kier molecular flexibility index (Phi) is 2.17. The number of fused-ring (bicyclic) bond motifs is 1. The number of nitrogens with zero attached hydrogens (tertiary/aromatic N) is 3. The van der Waals surface area contributed by atoms with Gasteiger partial charge in [-0.1, -0.05) is 17.9 Å². The zero-order valence-electron chi connectivity index (χ0n) is 8.29. The molecule has 4 heteroatoms. The lowest BCUT2D eigenvalue weighted by Crippen LogP contribution is -1.90. The van der Waals surface area contributed by atoms with Crippen LogP contribution < -0.4 is 0 Å². The van der Waals surface area contributed by atoms with E-state index in [1.807, 2.05) is 29.8 Å². The number of rotatable bonds is 0. The zero-order chi connectivity index (χ0) is 10.8. The highest BCUT2D eigenvalue weighted by molar-refractivity contribution is 7.10. The van der Waals surface area contributed by atoms with Crippen molar-refractivity contribution in [2.24, 2.45) is 0 Å². The van der Waals surface area contributed by atoms with E-state index in [9.17, 15) is 0 Å². The molecule has 0 amide bonds. The van der Waals surface area contributed by atoms with Gasteiger partial charge in [0, 0.05) is 18.5 Å². The van der Waals surface area contributed by atoms with Gasteiger partial charge in [-0.2, -0.15) is 5.10 Å². The predicted molar refractivity (Wildman–Crippen MR) is 63.3 cm³/mol. The van der Waals surface area contributed by atoms with Crippen molar-refractivity contribution in [3.8, 4) is 11.8 Å². The largest absolute Gasteiger partial charge is 0.236 e. The highest BCUT2D eigenvalue weighted by atomic mass is 32.1. The highest BCUT2D eigenvalue weighted by Crippen LogP contribution is 2.06. The third-order valence-corrected chi connectivity index (χ3v) is 2.88. The number of aromatic nitrogens is 3. The molecule has 3 aromatic rings. The molecule has 3 heterocycles. The first-order valence-corrected chi connectivity index (χ1v) is 5.65. The summed E-state index contributed by atoms with van der Waals surface area (Å²) < 4.78 is 1.72. The summed E-state index contributed by atoms with van der Waals surface area (Å²) in [6.45, 7) is 0. The molecule has 0 aliphatic rings. The van der Waals surface area contributed by atoms with Crippen molar-refractivity contribution in [3.63, 3.8) is 0 Å². The Balaban J connectivity index is 2.00. The molecule has 16 heavy (non-hydrogen) atoms. The van der Waals surface area contributed by atoms with Gasteiger partial charge in [-0.15, -0.1) is 11.3 Å². The molecular formula is C12H7N3S. The molecule has 0 unspecified atom stereocenters. The van der Waals surface area contributed by atoms with E-state index < -0.39 is 0 Å². The zero-order valence-corrected chi connectivity index (χ0v) is 9.11. The van der Waals surface area contributed by atoms with E-state index in [0.29, 0.717) is 0 Å². The van der Waals surface area contributed by atoms with Gasteiger partial charge in [0.25, 0.3) is 0 Å². The minimum absolute atomic E-state index is 0.835. The van der Waals surface area contributed by atoms with Crippen molar-refractivity contribution in [1.82, 2.24) is 14.6 Å². The quantitative estimate of drug-likeness (QED) is 0.549. The summed E-state index contributed by atoms with van der Waals surface area (Å²) in [4.78, 5) is 5.30. The van der Waals surface area contributed by atoms with Crippen molar-refractivity contribution in [3.05, 3.63) is 52.6 Å². The second-order valence-electron chi connectivity index (χ2n) is 3.20. The van der Waals surface area contributed by atoms with Crippen LogP contribution in [0.3, 0.4) is 0 Å². The van der Waals surface area contributed by atoms with Crippen LogP contribution in [0.1, 0.15) is 10.4 Å². The van der Waals surface area contributed by atoms with Crippen molar-refractivity contribution >= 4 is 17.0 Å². The van der Waals surface area contributed by atoms with Crippen LogP contribution in [0.5, 0.6) is 0 Å². The van der Waals surface area contributed by atoms with Crippen LogP contribution in [-0.2, 0) is 0 Å². The predicted octanol–water partition coefficient (Wildman–Crippen LogP) is 2.19. The minimum Gasteiger partial charge on any atom is -0.236 e. The third kappa shape index (κ3) is 1.69. The van der Waals surface area contributed by atoms with E-state index in [1.54, 1.807) is 28.2 Å². The van der Waals surface area contributed by atoms with Crippen LogP contribution in [0, 0.1) is 11.8 Å². The van der Waals surface area contributed by atoms with E-state index in [4.69, 9.17) is 0 Å². The van der Waals surface area contributed by atoms with Crippen LogP contribution in [-0.4, -0.2) is 14.6 Å². The van der Waals surface area contributed by atoms with Crippen LogP contribution >= 0.6 is 11.3 Å². The van der Waals surface area contributed by atoms with Crippen LogP contribution in [0.4, 0.5) is 0 Å². The summed E-state index contributed by atoms with van der Waals surface area (Å²) in [6.07, 6.45) is 5.36. The van der Waals surface area contributed by atoms with Gasteiger partial charge in [0.2, 0.25) is 0 Å². The molecule has 0 radical (unpaired) electrons. The molecule has 0 saturated carbocycles. The monoisotopic (exact) mass is 225 g/mol. The van der Waals surface area contributed by atoms with Crippen molar-refractivity contribution in [2.45, 2.75) is 0 Å². The van der Waals surface area contributed by atoms with Crippen molar-refractivity contribution in [2.75, 3.05) is 0 Å². The molecule has 3 nitrogen and oxygen atoms in total. The van der Waals surface area contributed by atoms with E-state index in [0.717, 1.165) is 16.1 Å².